The number of pyridine rings is 1. The van der Waals surface area contributed by atoms with Crippen molar-refractivity contribution in [2.75, 3.05) is 24.6 Å². The number of benzene rings is 1. The zero-order valence-electron chi connectivity index (χ0n) is 11.9. The molecule has 1 aromatic heterocycles. The van der Waals surface area contributed by atoms with Gasteiger partial charge in [-0.25, -0.2) is 0 Å². The zero-order chi connectivity index (χ0) is 14.2. The van der Waals surface area contributed by atoms with Gasteiger partial charge in [0.05, 0.1) is 17.7 Å². The van der Waals surface area contributed by atoms with Crippen molar-refractivity contribution in [3.8, 4) is 0 Å². The third-order valence-corrected chi connectivity index (χ3v) is 4.34. The molecule has 0 bridgehead atoms. The fourth-order valence-electron chi connectivity index (χ4n) is 2.73. The van der Waals surface area contributed by atoms with Crippen LogP contribution in [0.4, 0.5) is 5.69 Å². The minimum atomic E-state index is -0.0692. The van der Waals surface area contributed by atoms with Gasteiger partial charge < -0.3 is 9.64 Å². The van der Waals surface area contributed by atoms with E-state index in [1.54, 1.807) is 0 Å². The van der Waals surface area contributed by atoms with E-state index < -0.39 is 0 Å². The molecule has 106 valence electrons. The Kier molecular flexibility index (Phi) is 3.57. The number of nitrogens with zero attached hydrogens (tertiary/aromatic N) is 2. The Hall–Kier alpha value is -1.32. The second-order valence-corrected chi connectivity index (χ2v) is 6.00. The van der Waals surface area contributed by atoms with Crippen LogP contribution in [0.1, 0.15) is 20.3 Å². The van der Waals surface area contributed by atoms with Crippen LogP contribution in [0.15, 0.2) is 30.5 Å². The fraction of sp³-hybridized carbons (Fsp3) is 0.438. The van der Waals surface area contributed by atoms with Gasteiger partial charge in [-0.2, -0.15) is 0 Å². The maximum atomic E-state index is 6.05. The number of halogens is 1. The molecule has 1 aliphatic rings. The maximum Gasteiger partial charge on any atom is 0.0826 e. The van der Waals surface area contributed by atoms with Crippen LogP contribution in [0.5, 0.6) is 0 Å². The zero-order valence-corrected chi connectivity index (χ0v) is 12.7. The van der Waals surface area contributed by atoms with Crippen molar-refractivity contribution in [3.63, 3.8) is 0 Å². The van der Waals surface area contributed by atoms with Crippen LogP contribution < -0.4 is 4.90 Å². The van der Waals surface area contributed by atoms with Gasteiger partial charge in [0.15, 0.2) is 0 Å². The van der Waals surface area contributed by atoms with Crippen molar-refractivity contribution in [2.24, 2.45) is 0 Å². The quantitative estimate of drug-likeness (QED) is 0.839. The molecule has 3 rings (SSSR count). The molecule has 1 aliphatic heterocycles. The highest BCUT2D eigenvalue weighted by atomic mass is 35.5. The third kappa shape index (κ3) is 2.48. The molecule has 1 aromatic carbocycles. The largest absolute Gasteiger partial charge is 0.372 e. The van der Waals surface area contributed by atoms with Crippen LogP contribution in [0.3, 0.4) is 0 Å². The highest BCUT2D eigenvalue weighted by molar-refractivity contribution is 6.31. The van der Waals surface area contributed by atoms with Crippen LogP contribution in [-0.2, 0) is 4.74 Å². The molecule has 2 heterocycles. The third-order valence-electron chi connectivity index (χ3n) is 4.11. The summed E-state index contributed by atoms with van der Waals surface area (Å²) in [6, 6.07) is 7.98. The molecule has 4 heteroatoms. The Morgan fingerprint density at radius 1 is 1.40 bits per heavy atom. The summed E-state index contributed by atoms with van der Waals surface area (Å²) in [6.07, 6.45) is 2.87. The van der Waals surface area contributed by atoms with Crippen LogP contribution in [0.2, 0.25) is 5.02 Å². The van der Waals surface area contributed by atoms with E-state index in [1.807, 2.05) is 18.3 Å². The van der Waals surface area contributed by atoms with E-state index >= 15 is 0 Å². The first kappa shape index (κ1) is 13.7. The number of hydrogen-bond donors (Lipinski definition) is 0. The van der Waals surface area contributed by atoms with E-state index in [9.17, 15) is 0 Å². The standard InChI is InChI=1S/C16H19ClN2O/c1-3-16(2)11-19(8-9-20-16)15-6-7-18-14-10-12(17)4-5-13(14)15/h4-7,10H,3,8-9,11H2,1-2H3. The molecule has 0 radical (unpaired) electrons. The Bertz CT molecular complexity index is 631. The molecule has 2 aromatic rings. The molecule has 0 amide bonds. The summed E-state index contributed by atoms with van der Waals surface area (Å²) >= 11 is 6.05. The van der Waals surface area contributed by atoms with Crippen LogP contribution in [-0.4, -0.2) is 30.3 Å². The second-order valence-electron chi connectivity index (χ2n) is 5.57. The summed E-state index contributed by atoms with van der Waals surface area (Å²) in [5.74, 6) is 0. The Morgan fingerprint density at radius 3 is 3.05 bits per heavy atom. The molecular weight excluding hydrogens is 272 g/mol. The predicted molar refractivity (Wildman–Crippen MR) is 83.6 cm³/mol. The molecule has 1 unspecified atom stereocenters. The summed E-state index contributed by atoms with van der Waals surface area (Å²) in [6.45, 7) is 6.94. The summed E-state index contributed by atoms with van der Waals surface area (Å²) in [5.41, 5.74) is 2.09. The molecule has 0 spiro atoms. The maximum absolute atomic E-state index is 6.05. The van der Waals surface area contributed by atoms with Gasteiger partial charge in [0.25, 0.3) is 0 Å². The number of anilines is 1. The van der Waals surface area contributed by atoms with Gasteiger partial charge in [-0.1, -0.05) is 18.5 Å². The SMILES string of the molecule is CCC1(C)CN(c2ccnc3cc(Cl)ccc23)CCO1. The van der Waals surface area contributed by atoms with Gasteiger partial charge in [0, 0.05) is 35.4 Å². The highest BCUT2D eigenvalue weighted by Gasteiger charge is 2.30. The molecular formula is C16H19ClN2O. The van der Waals surface area contributed by atoms with Gasteiger partial charge in [-0.05, 0) is 37.6 Å². The average Bonchev–Trinajstić information content (AvgIpc) is 2.46. The number of morpholine rings is 1. The second kappa shape index (κ2) is 5.23. The summed E-state index contributed by atoms with van der Waals surface area (Å²) in [7, 11) is 0. The lowest BCUT2D eigenvalue weighted by atomic mass is 10.00. The van der Waals surface area contributed by atoms with E-state index in [1.165, 1.54) is 5.69 Å². The van der Waals surface area contributed by atoms with Gasteiger partial charge in [0.1, 0.15) is 0 Å². The van der Waals surface area contributed by atoms with E-state index in [-0.39, 0.29) is 5.60 Å². The summed E-state index contributed by atoms with van der Waals surface area (Å²) in [5, 5.41) is 1.87. The molecule has 1 atom stereocenters. The van der Waals surface area contributed by atoms with Crippen molar-refractivity contribution in [2.45, 2.75) is 25.9 Å². The number of hydrogen-bond acceptors (Lipinski definition) is 3. The van der Waals surface area contributed by atoms with Crippen LogP contribution in [0, 0.1) is 0 Å². The lowest BCUT2D eigenvalue weighted by Gasteiger charge is -2.41. The lowest BCUT2D eigenvalue weighted by Crippen LogP contribution is -2.49. The monoisotopic (exact) mass is 290 g/mol. The van der Waals surface area contributed by atoms with Gasteiger partial charge in [-0.3, -0.25) is 4.98 Å². The number of fused-ring (bicyclic) bond motifs is 1. The Morgan fingerprint density at radius 2 is 2.25 bits per heavy atom. The summed E-state index contributed by atoms with van der Waals surface area (Å²) in [4.78, 5) is 6.81. The van der Waals surface area contributed by atoms with Crippen molar-refractivity contribution >= 4 is 28.2 Å². The minimum absolute atomic E-state index is 0.0692. The first-order valence-electron chi connectivity index (χ1n) is 7.04. The Labute approximate surface area is 124 Å². The first-order chi connectivity index (χ1) is 9.61. The van der Waals surface area contributed by atoms with Crippen molar-refractivity contribution in [3.05, 3.63) is 35.5 Å². The molecule has 0 aliphatic carbocycles. The van der Waals surface area contributed by atoms with E-state index in [2.05, 4.69) is 35.9 Å². The Balaban J connectivity index is 2.01. The molecule has 3 nitrogen and oxygen atoms in total. The van der Waals surface area contributed by atoms with Crippen molar-refractivity contribution in [1.29, 1.82) is 0 Å². The van der Waals surface area contributed by atoms with Gasteiger partial charge >= 0.3 is 0 Å². The smallest absolute Gasteiger partial charge is 0.0826 e. The first-order valence-corrected chi connectivity index (χ1v) is 7.42. The van der Waals surface area contributed by atoms with Crippen molar-refractivity contribution < 1.29 is 4.74 Å². The minimum Gasteiger partial charge on any atom is -0.372 e. The van der Waals surface area contributed by atoms with Crippen LogP contribution >= 0.6 is 11.6 Å². The van der Waals surface area contributed by atoms with E-state index in [0.717, 1.165) is 42.0 Å². The molecule has 0 saturated carbocycles. The van der Waals surface area contributed by atoms with Gasteiger partial charge in [-0.15, -0.1) is 0 Å². The fourth-order valence-corrected chi connectivity index (χ4v) is 2.90. The van der Waals surface area contributed by atoms with E-state index in [4.69, 9.17) is 16.3 Å². The normalized spacial score (nSPS) is 23.2. The summed E-state index contributed by atoms with van der Waals surface area (Å²) < 4.78 is 5.92. The molecule has 1 fully saturated rings. The number of rotatable bonds is 2. The highest BCUT2D eigenvalue weighted by Crippen LogP contribution is 2.31. The molecule has 0 N–H and O–H groups in total. The predicted octanol–water partition coefficient (Wildman–Crippen LogP) is 3.89. The lowest BCUT2D eigenvalue weighted by molar-refractivity contribution is -0.0440. The van der Waals surface area contributed by atoms with Gasteiger partial charge in [0.2, 0.25) is 0 Å². The van der Waals surface area contributed by atoms with Crippen LogP contribution in [0.25, 0.3) is 10.9 Å². The topological polar surface area (TPSA) is 25.4 Å². The molecule has 20 heavy (non-hydrogen) atoms. The van der Waals surface area contributed by atoms with E-state index in [0.29, 0.717) is 0 Å². The number of aromatic nitrogens is 1. The molecule has 1 saturated heterocycles. The van der Waals surface area contributed by atoms with Crippen molar-refractivity contribution in [1.82, 2.24) is 4.98 Å². The average molecular weight is 291 g/mol. The number of ether oxygens (including phenoxy) is 1.